The van der Waals surface area contributed by atoms with Crippen molar-refractivity contribution in [1.82, 2.24) is 9.80 Å². The van der Waals surface area contributed by atoms with E-state index in [2.05, 4.69) is 19.9 Å². The number of carbonyl (C=O) groups excluding carboxylic acids is 2. The number of piperidine rings is 1. The van der Waals surface area contributed by atoms with Gasteiger partial charge in [-0.2, -0.15) is 0 Å². The van der Waals surface area contributed by atoms with Crippen LogP contribution in [0.4, 0.5) is 0 Å². The number of benzene rings is 1. The van der Waals surface area contributed by atoms with E-state index in [4.69, 9.17) is 9.47 Å². The third-order valence-corrected chi connectivity index (χ3v) is 5.76. The lowest BCUT2D eigenvalue weighted by Gasteiger charge is -2.40. The minimum absolute atomic E-state index is 0.0412. The fourth-order valence-corrected chi connectivity index (χ4v) is 4.09. The number of rotatable bonds is 9. The average Bonchev–Trinajstić information content (AvgIpc) is 2.71. The lowest BCUT2D eigenvalue weighted by molar-refractivity contribution is -0.139. The Bertz CT molecular complexity index is 669. The summed E-state index contributed by atoms with van der Waals surface area (Å²) in [6, 6.07) is 8.17. The molecule has 2 rings (SSSR count). The lowest BCUT2D eigenvalue weighted by atomic mass is 9.84. The fourth-order valence-electron chi connectivity index (χ4n) is 4.09. The van der Waals surface area contributed by atoms with Gasteiger partial charge in [0.05, 0.1) is 7.11 Å². The van der Waals surface area contributed by atoms with Crippen LogP contribution in [0, 0.1) is 11.8 Å². The van der Waals surface area contributed by atoms with Crippen LogP contribution in [0.15, 0.2) is 24.3 Å². The van der Waals surface area contributed by atoms with Crippen molar-refractivity contribution in [3.63, 3.8) is 0 Å². The molecule has 0 bridgehead atoms. The fraction of sp³-hybridized carbons (Fsp3) is 0.652. The van der Waals surface area contributed by atoms with Crippen LogP contribution >= 0.6 is 0 Å². The van der Waals surface area contributed by atoms with Crippen LogP contribution in [0.2, 0.25) is 0 Å². The molecule has 6 heteroatoms. The molecule has 0 radical (unpaired) electrons. The van der Waals surface area contributed by atoms with Crippen molar-refractivity contribution < 1.29 is 19.1 Å². The molecule has 1 atom stereocenters. The van der Waals surface area contributed by atoms with Crippen LogP contribution in [0.1, 0.15) is 38.7 Å². The smallest absolute Gasteiger partial charge is 0.248 e. The van der Waals surface area contributed by atoms with E-state index >= 15 is 0 Å². The van der Waals surface area contributed by atoms with E-state index in [9.17, 15) is 9.59 Å². The molecule has 1 fully saturated rings. The van der Waals surface area contributed by atoms with E-state index in [0.29, 0.717) is 31.3 Å². The minimum Gasteiger partial charge on any atom is -0.497 e. The van der Waals surface area contributed by atoms with Crippen LogP contribution in [-0.4, -0.2) is 68.6 Å². The predicted molar refractivity (Wildman–Crippen MR) is 114 cm³/mol. The predicted octanol–water partition coefficient (Wildman–Crippen LogP) is 3.00. The van der Waals surface area contributed by atoms with Gasteiger partial charge >= 0.3 is 0 Å². The zero-order valence-corrected chi connectivity index (χ0v) is 18.5. The molecule has 6 nitrogen and oxygen atoms in total. The maximum absolute atomic E-state index is 12.8. The molecule has 1 saturated heterocycles. The second-order valence-corrected chi connectivity index (χ2v) is 8.38. The van der Waals surface area contributed by atoms with Gasteiger partial charge in [0, 0.05) is 39.7 Å². The van der Waals surface area contributed by atoms with Gasteiger partial charge in [0.1, 0.15) is 12.4 Å². The molecule has 1 heterocycles. The van der Waals surface area contributed by atoms with Crippen molar-refractivity contribution >= 4 is 11.8 Å². The normalized spacial score (nSPS) is 16.0. The quantitative estimate of drug-likeness (QED) is 0.635. The van der Waals surface area contributed by atoms with Crippen molar-refractivity contribution in [2.75, 3.05) is 41.0 Å². The largest absolute Gasteiger partial charge is 0.497 e. The molecule has 0 aliphatic carbocycles. The third kappa shape index (κ3) is 6.74. The second-order valence-electron chi connectivity index (χ2n) is 8.38. The molecule has 0 N–H and O–H groups in total. The number of hydrogen-bond donors (Lipinski definition) is 0. The number of carbonyl (C=O) groups is 2. The average molecular weight is 405 g/mol. The van der Waals surface area contributed by atoms with Crippen molar-refractivity contribution in [1.29, 1.82) is 0 Å². The first kappa shape index (κ1) is 23.2. The lowest BCUT2D eigenvalue weighted by Crippen LogP contribution is -2.49. The molecular weight excluding hydrogens is 368 g/mol. The number of amides is 2. The maximum Gasteiger partial charge on any atom is 0.248 e. The van der Waals surface area contributed by atoms with Crippen LogP contribution in [0.5, 0.6) is 5.75 Å². The summed E-state index contributed by atoms with van der Waals surface area (Å²) in [5.41, 5.74) is 1.16. The second kappa shape index (κ2) is 11.2. The van der Waals surface area contributed by atoms with Gasteiger partial charge in [-0.25, -0.2) is 0 Å². The number of likely N-dealkylation sites (tertiary alicyclic amines) is 1. The van der Waals surface area contributed by atoms with Crippen LogP contribution in [-0.2, 0) is 20.7 Å². The van der Waals surface area contributed by atoms with Gasteiger partial charge in [-0.3, -0.25) is 9.59 Å². The van der Waals surface area contributed by atoms with Gasteiger partial charge in [0.15, 0.2) is 0 Å². The maximum atomic E-state index is 12.8. The highest BCUT2D eigenvalue weighted by molar-refractivity contribution is 5.77. The Morgan fingerprint density at radius 3 is 2.48 bits per heavy atom. The van der Waals surface area contributed by atoms with Crippen LogP contribution in [0.3, 0.4) is 0 Å². The number of ether oxygens (including phenoxy) is 2. The van der Waals surface area contributed by atoms with E-state index in [1.807, 2.05) is 35.0 Å². The van der Waals surface area contributed by atoms with Crippen molar-refractivity contribution in [3.05, 3.63) is 29.8 Å². The first-order chi connectivity index (χ1) is 13.8. The molecular formula is C23H36N2O4. The van der Waals surface area contributed by atoms with Gasteiger partial charge in [-0.15, -0.1) is 0 Å². The van der Waals surface area contributed by atoms with Crippen molar-refractivity contribution in [3.8, 4) is 5.75 Å². The Morgan fingerprint density at radius 2 is 1.90 bits per heavy atom. The summed E-state index contributed by atoms with van der Waals surface area (Å²) in [5, 5.41) is 0. The Morgan fingerprint density at radius 1 is 1.21 bits per heavy atom. The molecule has 162 valence electrons. The van der Waals surface area contributed by atoms with E-state index in [1.54, 1.807) is 14.2 Å². The molecule has 1 aromatic rings. The minimum atomic E-state index is 0.0412. The molecule has 1 aromatic carbocycles. The molecule has 1 aliphatic heterocycles. The topological polar surface area (TPSA) is 59.1 Å². The van der Waals surface area contributed by atoms with Crippen LogP contribution < -0.4 is 4.74 Å². The monoisotopic (exact) mass is 404 g/mol. The van der Waals surface area contributed by atoms with E-state index in [0.717, 1.165) is 30.6 Å². The summed E-state index contributed by atoms with van der Waals surface area (Å²) in [7, 11) is 5.14. The Labute approximate surface area is 175 Å². The number of methoxy groups -OCH3 is 2. The van der Waals surface area contributed by atoms with E-state index in [-0.39, 0.29) is 24.5 Å². The first-order valence-corrected chi connectivity index (χ1v) is 10.5. The highest BCUT2D eigenvalue weighted by Gasteiger charge is 2.32. The number of nitrogens with zero attached hydrogens (tertiary/aromatic N) is 2. The zero-order chi connectivity index (χ0) is 21.4. The van der Waals surface area contributed by atoms with E-state index < -0.39 is 0 Å². The number of hydrogen-bond acceptors (Lipinski definition) is 4. The van der Waals surface area contributed by atoms with Gasteiger partial charge in [-0.1, -0.05) is 26.0 Å². The Balaban J connectivity index is 2.14. The zero-order valence-electron chi connectivity index (χ0n) is 18.5. The summed E-state index contributed by atoms with van der Waals surface area (Å²) in [6.45, 7) is 5.71. The standard InChI is InChI=1S/C23H36N2O4/c1-17(2)13-22(26)24(3)21(15-18-7-6-8-20(14-18)29-5)19-9-11-25(12-10-19)23(27)16-28-4/h6-8,14,17,19,21H,9-13,15-16H2,1-5H3. The molecule has 29 heavy (non-hydrogen) atoms. The molecule has 1 aliphatic rings. The van der Waals surface area contributed by atoms with Gasteiger partial charge in [0.25, 0.3) is 0 Å². The van der Waals surface area contributed by atoms with Crippen molar-refractivity contribution in [2.24, 2.45) is 11.8 Å². The van der Waals surface area contributed by atoms with Gasteiger partial charge in [0.2, 0.25) is 11.8 Å². The SMILES string of the molecule is COCC(=O)N1CCC(C(Cc2cccc(OC)c2)N(C)C(=O)CC(C)C)CC1. The highest BCUT2D eigenvalue weighted by Crippen LogP contribution is 2.28. The van der Waals surface area contributed by atoms with E-state index in [1.165, 1.54) is 0 Å². The summed E-state index contributed by atoms with van der Waals surface area (Å²) in [5.74, 6) is 1.74. The summed E-state index contributed by atoms with van der Waals surface area (Å²) >= 11 is 0. The van der Waals surface area contributed by atoms with Crippen LogP contribution in [0.25, 0.3) is 0 Å². The molecule has 0 saturated carbocycles. The highest BCUT2D eigenvalue weighted by atomic mass is 16.5. The first-order valence-electron chi connectivity index (χ1n) is 10.5. The third-order valence-electron chi connectivity index (χ3n) is 5.76. The summed E-state index contributed by atoms with van der Waals surface area (Å²) in [4.78, 5) is 28.8. The molecule has 0 spiro atoms. The molecule has 1 unspecified atom stereocenters. The summed E-state index contributed by atoms with van der Waals surface area (Å²) < 4.78 is 10.4. The molecule has 0 aromatic heterocycles. The number of likely N-dealkylation sites (N-methyl/N-ethyl adjacent to an activating group) is 1. The molecule has 2 amide bonds. The Kier molecular flexibility index (Phi) is 8.96. The summed E-state index contributed by atoms with van der Waals surface area (Å²) in [6.07, 6.45) is 3.12. The van der Waals surface area contributed by atoms with Gasteiger partial charge < -0.3 is 19.3 Å². The van der Waals surface area contributed by atoms with Crippen molar-refractivity contribution in [2.45, 2.75) is 45.6 Å². The Hall–Kier alpha value is -2.08. The van der Waals surface area contributed by atoms with Gasteiger partial charge in [-0.05, 0) is 48.8 Å².